The van der Waals surface area contributed by atoms with Gasteiger partial charge in [-0.25, -0.2) is 4.39 Å². The van der Waals surface area contributed by atoms with Crippen LogP contribution in [-0.2, 0) is 6.54 Å². The predicted octanol–water partition coefficient (Wildman–Crippen LogP) is 2.81. The van der Waals surface area contributed by atoms with Gasteiger partial charge in [-0.1, -0.05) is 31.7 Å². The van der Waals surface area contributed by atoms with Crippen molar-refractivity contribution >= 4 is 0 Å². The highest BCUT2D eigenvalue weighted by Crippen LogP contribution is 2.09. The van der Waals surface area contributed by atoms with Crippen molar-refractivity contribution in [1.29, 1.82) is 0 Å². The first-order valence-corrected chi connectivity index (χ1v) is 6.42. The summed E-state index contributed by atoms with van der Waals surface area (Å²) in [7, 11) is 1.98. The Kier molecular flexibility index (Phi) is 6.61. The zero-order valence-electron chi connectivity index (χ0n) is 11.4. The van der Waals surface area contributed by atoms with Crippen molar-refractivity contribution in [2.75, 3.05) is 26.7 Å². The molecule has 1 aromatic carbocycles. The first-order chi connectivity index (χ1) is 8.63. The average Bonchev–Trinajstić information content (AvgIpc) is 2.32. The molecule has 0 heterocycles. The molecule has 0 aromatic heterocycles. The summed E-state index contributed by atoms with van der Waals surface area (Å²) < 4.78 is 13.5. The number of nitrogens with zero attached hydrogens (tertiary/aromatic N) is 1. The van der Waals surface area contributed by atoms with Gasteiger partial charge >= 0.3 is 0 Å². The van der Waals surface area contributed by atoms with E-state index in [2.05, 4.69) is 23.7 Å². The molecule has 1 aromatic rings. The molecule has 0 saturated carbocycles. The van der Waals surface area contributed by atoms with Gasteiger partial charge < -0.3 is 5.32 Å². The molecule has 0 spiro atoms. The Morgan fingerprint density at radius 3 is 2.78 bits per heavy atom. The van der Waals surface area contributed by atoms with Gasteiger partial charge in [0.15, 0.2) is 0 Å². The van der Waals surface area contributed by atoms with Crippen LogP contribution in [0.2, 0.25) is 0 Å². The second kappa shape index (κ2) is 8.01. The van der Waals surface area contributed by atoms with E-state index < -0.39 is 0 Å². The quantitative estimate of drug-likeness (QED) is 0.564. The third-order valence-electron chi connectivity index (χ3n) is 2.69. The minimum atomic E-state index is -0.140. The van der Waals surface area contributed by atoms with Crippen LogP contribution in [0.25, 0.3) is 0 Å². The van der Waals surface area contributed by atoms with Gasteiger partial charge in [0.1, 0.15) is 5.82 Å². The monoisotopic (exact) mass is 250 g/mol. The molecule has 0 aliphatic rings. The zero-order chi connectivity index (χ0) is 13.4. The van der Waals surface area contributed by atoms with E-state index in [-0.39, 0.29) is 5.82 Å². The van der Waals surface area contributed by atoms with E-state index in [1.54, 1.807) is 6.07 Å². The lowest BCUT2D eigenvalue weighted by molar-refractivity contribution is 0.345. The van der Waals surface area contributed by atoms with Crippen LogP contribution in [0.15, 0.2) is 36.4 Å². The largest absolute Gasteiger partial charge is 0.313 e. The number of hydrogen-bond donors (Lipinski definition) is 1. The molecule has 0 radical (unpaired) electrons. The van der Waals surface area contributed by atoms with Gasteiger partial charge in [0.25, 0.3) is 0 Å². The summed E-state index contributed by atoms with van der Waals surface area (Å²) in [5.74, 6) is -0.140. The smallest absolute Gasteiger partial charge is 0.127 e. The first-order valence-electron chi connectivity index (χ1n) is 6.42. The maximum Gasteiger partial charge on any atom is 0.127 e. The molecule has 3 heteroatoms. The van der Waals surface area contributed by atoms with E-state index in [0.29, 0.717) is 6.54 Å². The highest BCUT2D eigenvalue weighted by molar-refractivity contribution is 5.17. The third-order valence-corrected chi connectivity index (χ3v) is 2.69. The standard InChI is InChI=1S/C15H23FN2/c1-4-9-17-10-13(2)11-18(3)12-14-7-5-6-8-15(14)16/h5-8,17H,2,4,9-12H2,1,3H3. The summed E-state index contributed by atoms with van der Waals surface area (Å²) in [6.45, 7) is 9.40. The van der Waals surface area contributed by atoms with Crippen LogP contribution in [0.5, 0.6) is 0 Å². The molecule has 1 rings (SSSR count). The summed E-state index contributed by atoms with van der Waals surface area (Å²) in [6, 6.07) is 6.90. The summed E-state index contributed by atoms with van der Waals surface area (Å²) in [4.78, 5) is 2.08. The van der Waals surface area contributed by atoms with Gasteiger partial charge in [-0.3, -0.25) is 4.90 Å². The normalized spacial score (nSPS) is 10.9. The van der Waals surface area contributed by atoms with E-state index >= 15 is 0 Å². The number of halogens is 1. The maximum absolute atomic E-state index is 13.5. The molecular formula is C15H23FN2. The molecule has 0 atom stereocenters. The van der Waals surface area contributed by atoms with Crippen molar-refractivity contribution in [3.8, 4) is 0 Å². The van der Waals surface area contributed by atoms with Crippen LogP contribution in [-0.4, -0.2) is 31.6 Å². The Hall–Kier alpha value is -1.19. The van der Waals surface area contributed by atoms with Gasteiger partial charge in [-0.2, -0.15) is 0 Å². The third kappa shape index (κ3) is 5.43. The van der Waals surface area contributed by atoms with Gasteiger partial charge in [0.05, 0.1) is 0 Å². The molecule has 0 amide bonds. The molecule has 0 saturated heterocycles. The van der Waals surface area contributed by atoms with Crippen LogP contribution in [0.4, 0.5) is 4.39 Å². The van der Waals surface area contributed by atoms with Crippen LogP contribution in [0.1, 0.15) is 18.9 Å². The molecule has 100 valence electrons. The molecule has 0 bridgehead atoms. The fraction of sp³-hybridized carbons (Fsp3) is 0.467. The lowest BCUT2D eigenvalue weighted by atomic mass is 10.2. The van der Waals surface area contributed by atoms with E-state index in [1.165, 1.54) is 6.07 Å². The zero-order valence-corrected chi connectivity index (χ0v) is 11.4. The summed E-state index contributed by atoms with van der Waals surface area (Å²) in [5.41, 5.74) is 1.86. The highest BCUT2D eigenvalue weighted by atomic mass is 19.1. The van der Waals surface area contributed by atoms with E-state index in [0.717, 1.165) is 37.2 Å². The average molecular weight is 250 g/mol. The van der Waals surface area contributed by atoms with Crippen LogP contribution < -0.4 is 5.32 Å². The second-order valence-electron chi connectivity index (χ2n) is 4.69. The Balaban J connectivity index is 2.35. The Morgan fingerprint density at radius 1 is 1.39 bits per heavy atom. The molecule has 1 N–H and O–H groups in total. The lowest BCUT2D eigenvalue weighted by Gasteiger charge is -2.18. The van der Waals surface area contributed by atoms with Crippen molar-refractivity contribution in [3.63, 3.8) is 0 Å². The highest BCUT2D eigenvalue weighted by Gasteiger charge is 2.06. The van der Waals surface area contributed by atoms with Crippen LogP contribution in [0.3, 0.4) is 0 Å². The molecule has 18 heavy (non-hydrogen) atoms. The Morgan fingerprint density at radius 2 is 2.11 bits per heavy atom. The predicted molar refractivity (Wildman–Crippen MR) is 75.0 cm³/mol. The fourth-order valence-electron chi connectivity index (χ4n) is 1.85. The first kappa shape index (κ1) is 14.9. The molecule has 0 aliphatic heterocycles. The molecule has 0 unspecified atom stereocenters. The van der Waals surface area contributed by atoms with Gasteiger partial charge in [0, 0.05) is 25.2 Å². The summed E-state index contributed by atoms with van der Waals surface area (Å²) in [6.07, 6.45) is 1.12. The van der Waals surface area contributed by atoms with Gasteiger partial charge in [0.2, 0.25) is 0 Å². The topological polar surface area (TPSA) is 15.3 Å². The van der Waals surface area contributed by atoms with Crippen LogP contribution >= 0.6 is 0 Å². The molecular weight excluding hydrogens is 227 g/mol. The van der Waals surface area contributed by atoms with Crippen molar-refractivity contribution < 1.29 is 4.39 Å². The maximum atomic E-state index is 13.5. The minimum Gasteiger partial charge on any atom is -0.313 e. The number of hydrogen-bond acceptors (Lipinski definition) is 2. The van der Waals surface area contributed by atoms with Crippen molar-refractivity contribution in [1.82, 2.24) is 10.2 Å². The Labute approximate surface area is 110 Å². The molecule has 0 fully saturated rings. The number of nitrogens with one attached hydrogen (secondary N) is 1. The van der Waals surface area contributed by atoms with Crippen LogP contribution in [0, 0.1) is 5.82 Å². The number of likely N-dealkylation sites (N-methyl/N-ethyl adjacent to an activating group) is 1. The number of benzene rings is 1. The SMILES string of the molecule is C=C(CNCCC)CN(C)Cc1ccccc1F. The molecule has 2 nitrogen and oxygen atoms in total. The fourth-order valence-corrected chi connectivity index (χ4v) is 1.85. The van der Waals surface area contributed by atoms with E-state index in [1.807, 2.05) is 19.2 Å². The summed E-state index contributed by atoms with van der Waals surface area (Å²) >= 11 is 0. The van der Waals surface area contributed by atoms with Crippen molar-refractivity contribution in [3.05, 3.63) is 47.8 Å². The van der Waals surface area contributed by atoms with Gasteiger partial charge in [-0.15, -0.1) is 0 Å². The Bertz CT molecular complexity index is 377. The minimum absolute atomic E-state index is 0.140. The lowest BCUT2D eigenvalue weighted by Crippen LogP contribution is -2.26. The number of rotatable bonds is 8. The second-order valence-corrected chi connectivity index (χ2v) is 4.69. The van der Waals surface area contributed by atoms with Crippen molar-refractivity contribution in [2.24, 2.45) is 0 Å². The van der Waals surface area contributed by atoms with Gasteiger partial charge in [-0.05, 0) is 31.7 Å². The van der Waals surface area contributed by atoms with E-state index in [4.69, 9.17) is 0 Å². The van der Waals surface area contributed by atoms with E-state index in [9.17, 15) is 4.39 Å². The van der Waals surface area contributed by atoms with Crippen molar-refractivity contribution in [2.45, 2.75) is 19.9 Å². The molecule has 0 aliphatic carbocycles. The summed E-state index contributed by atoms with van der Waals surface area (Å²) in [5, 5.41) is 3.32.